The van der Waals surface area contributed by atoms with E-state index in [1.165, 1.54) is 6.33 Å². The molecule has 0 aliphatic carbocycles. The van der Waals surface area contributed by atoms with Gasteiger partial charge < -0.3 is 9.64 Å². The average Bonchev–Trinajstić information content (AvgIpc) is 2.37. The number of hydrogen-bond acceptors (Lipinski definition) is 5. The van der Waals surface area contributed by atoms with E-state index in [0.717, 1.165) is 24.4 Å². The van der Waals surface area contributed by atoms with E-state index in [2.05, 4.69) is 9.97 Å². The smallest absolute Gasteiger partial charge is 0.410 e. The first-order valence-corrected chi connectivity index (χ1v) is 8.21. The minimum Gasteiger partial charge on any atom is -0.444 e. The molecule has 5 nitrogen and oxygen atoms in total. The lowest BCUT2D eigenvalue weighted by molar-refractivity contribution is 0.0220. The van der Waals surface area contributed by atoms with E-state index in [4.69, 9.17) is 16.3 Å². The van der Waals surface area contributed by atoms with Crippen molar-refractivity contribution in [2.75, 3.05) is 13.1 Å². The molecule has 0 spiro atoms. The lowest BCUT2D eigenvalue weighted by Gasteiger charge is -2.33. The minimum absolute atomic E-state index is 0.242. The van der Waals surface area contributed by atoms with Crippen LogP contribution in [0, 0.1) is 0 Å². The Morgan fingerprint density at radius 3 is 2.90 bits per heavy atom. The number of amides is 1. The molecule has 1 aliphatic heterocycles. The molecule has 7 heteroatoms. The number of carbonyl (C=O) groups excluding carboxylic acids is 1. The second-order valence-corrected chi connectivity index (χ2v) is 7.70. The number of ether oxygens (including phenoxy) is 1. The molecule has 1 unspecified atom stereocenters. The summed E-state index contributed by atoms with van der Waals surface area (Å²) >= 11 is 7.50. The van der Waals surface area contributed by atoms with Gasteiger partial charge in [-0.2, -0.15) is 0 Å². The summed E-state index contributed by atoms with van der Waals surface area (Å²) in [4.78, 5) is 22.0. The zero-order valence-corrected chi connectivity index (χ0v) is 14.1. The molecule has 1 saturated heterocycles. The summed E-state index contributed by atoms with van der Waals surface area (Å²) in [6.07, 6.45) is 3.23. The van der Waals surface area contributed by atoms with Crippen LogP contribution in [0.2, 0.25) is 5.15 Å². The third kappa shape index (κ3) is 5.36. The predicted molar refractivity (Wildman–Crippen MR) is 83.7 cm³/mol. The maximum atomic E-state index is 12.1. The normalized spacial score (nSPS) is 19.4. The van der Waals surface area contributed by atoms with Gasteiger partial charge in [-0.05, 0) is 33.6 Å². The van der Waals surface area contributed by atoms with E-state index in [-0.39, 0.29) is 6.09 Å². The van der Waals surface area contributed by atoms with Crippen molar-refractivity contribution in [2.45, 2.75) is 49.5 Å². The van der Waals surface area contributed by atoms with E-state index in [1.807, 2.05) is 20.8 Å². The summed E-state index contributed by atoms with van der Waals surface area (Å²) in [5, 5.41) is 1.58. The molecule has 1 aliphatic rings. The zero-order chi connectivity index (χ0) is 15.5. The van der Waals surface area contributed by atoms with E-state index in [0.29, 0.717) is 16.9 Å². The standard InChI is InChI=1S/C14H20ClN3O2S/c1-14(2,3)20-13(19)18-6-4-5-10(8-18)21-12-7-11(15)16-9-17-12/h7,9-10H,4-6,8H2,1-3H3. The molecule has 0 bridgehead atoms. The van der Waals surface area contributed by atoms with Crippen LogP contribution in [0.15, 0.2) is 17.4 Å². The first-order valence-electron chi connectivity index (χ1n) is 6.95. The van der Waals surface area contributed by atoms with Gasteiger partial charge in [-0.25, -0.2) is 14.8 Å². The number of hydrogen-bond donors (Lipinski definition) is 0. The van der Waals surface area contributed by atoms with Crippen LogP contribution in [-0.2, 0) is 4.74 Å². The van der Waals surface area contributed by atoms with Crippen LogP contribution in [0.3, 0.4) is 0 Å². The molecule has 1 aromatic rings. The molecule has 2 rings (SSSR count). The highest BCUT2D eigenvalue weighted by Crippen LogP contribution is 2.29. The molecular weight excluding hydrogens is 310 g/mol. The van der Waals surface area contributed by atoms with Crippen LogP contribution in [0.25, 0.3) is 0 Å². The average molecular weight is 330 g/mol. The Kier molecular flexibility index (Phi) is 5.32. The molecular formula is C14H20ClN3O2S. The molecule has 0 aromatic carbocycles. The third-order valence-electron chi connectivity index (χ3n) is 2.93. The molecule has 2 heterocycles. The van der Waals surface area contributed by atoms with Gasteiger partial charge in [-0.15, -0.1) is 11.8 Å². The van der Waals surface area contributed by atoms with E-state index >= 15 is 0 Å². The van der Waals surface area contributed by atoms with Crippen molar-refractivity contribution >= 4 is 29.5 Å². The molecule has 21 heavy (non-hydrogen) atoms. The highest BCUT2D eigenvalue weighted by molar-refractivity contribution is 7.99. The summed E-state index contributed by atoms with van der Waals surface area (Å²) in [6.45, 7) is 7.05. The van der Waals surface area contributed by atoms with Crippen molar-refractivity contribution in [2.24, 2.45) is 0 Å². The van der Waals surface area contributed by atoms with Crippen molar-refractivity contribution < 1.29 is 9.53 Å². The zero-order valence-electron chi connectivity index (χ0n) is 12.5. The van der Waals surface area contributed by atoms with Crippen molar-refractivity contribution in [1.29, 1.82) is 0 Å². The van der Waals surface area contributed by atoms with Crippen LogP contribution >= 0.6 is 23.4 Å². The van der Waals surface area contributed by atoms with Crippen molar-refractivity contribution in [3.8, 4) is 0 Å². The summed E-state index contributed by atoms with van der Waals surface area (Å²) in [6, 6.07) is 1.75. The number of thioether (sulfide) groups is 1. The summed E-state index contributed by atoms with van der Waals surface area (Å²) < 4.78 is 5.43. The SMILES string of the molecule is CC(C)(C)OC(=O)N1CCCC(Sc2cc(Cl)ncn2)C1. The maximum absolute atomic E-state index is 12.1. The van der Waals surface area contributed by atoms with Gasteiger partial charge in [0.1, 0.15) is 22.1 Å². The molecule has 1 aromatic heterocycles. The first kappa shape index (κ1) is 16.4. The lowest BCUT2D eigenvalue weighted by Crippen LogP contribution is -2.43. The molecule has 0 radical (unpaired) electrons. The van der Waals surface area contributed by atoms with E-state index < -0.39 is 5.60 Å². The largest absolute Gasteiger partial charge is 0.444 e. The Labute approximate surface area is 134 Å². The van der Waals surface area contributed by atoms with Crippen molar-refractivity contribution in [3.05, 3.63) is 17.5 Å². The van der Waals surface area contributed by atoms with Gasteiger partial charge in [0.2, 0.25) is 0 Å². The van der Waals surface area contributed by atoms with E-state index in [9.17, 15) is 4.79 Å². The fourth-order valence-electron chi connectivity index (χ4n) is 2.08. The fourth-order valence-corrected chi connectivity index (χ4v) is 3.46. The summed E-state index contributed by atoms with van der Waals surface area (Å²) in [5.41, 5.74) is -0.461. The van der Waals surface area contributed by atoms with Gasteiger partial charge in [0.05, 0.1) is 0 Å². The quantitative estimate of drug-likeness (QED) is 0.776. The monoisotopic (exact) mass is 329 g/mol. The van der Waals surface area contributed by atoms with Gasteiger partial charge >= 0.3 is 6.09 Å². The summed E-state index contributed by atoms with van der Waals surface area (Å²) in [7, 11) is 0. The van der Waals surface area contributed by atoms with Crippen LogP contribution in [0.1, 0.15) is 33.6 Å². The van der Waals surface area contributed by atoms with Crippen LogP contribution in [0.4, 0.5) is 4.79 Å². The van der Waals surface area contributed by atoms with Crippen LogP contribution < -0.4 is 0 Å². The number of nitrogens with zero attached hydrogens (tertiary/aromatic N) is 3. The van der Waals surface area contributed by atoms with E-state index in [1.54, 1.807) is 22.7 Å². The van der Waals surface area contributed by atoms with Crippen LogP contribution in [-0.4, -0.2) is 44.9 Å². The second-order valence-electron chi connectivity index (χ2n) is 5.99. The molecule has 116 valence electrons. The second kappa shape index (κ2) is 6.83. The Hall–Kier alpha value is -1.01. The summed E-state index contributed by atoms with van der Waals surface area (Å²) in [5.74, 6) is 0. The highest BCUT2D eigenvalue weighted by Gasteiger charge is 2.28. The molecule has 0 N–H and O–H groups in total. The third-order valence-corrected chi connectivity index (χ3v) is 4.32. The number of likely N-dealkylation sites (tertiary alicyclic amines) is 1. The number of piperidine rings is 1. The van der Waals surface area contributed by atoms with Crippen molar-refractivity contribution in [3.63, 3.8) is 0 Å². The Bertz CT molecular complexity index is 507. The molecule has 1 atom stereocenters. The topological polar surface area (TPSA) is 55.3 Å². The number of carbonyl (C=O) groups is 1. The molecule has 1 fully saturated rings. The number of aromatic nitrogens is 2. The fraction of sp³-hybridized carbons (Fsp3) is 0.643. The Morgan fingerprint density at radius 2 is 2.24 bits per heavy atom. The van der Waals surface area contributed by atoms with Gasteiger partial charge in [0.15, 0.2) is 0 Å². The van der Waals surface area contributed by atoms with Crippen molar-refractivity contribution in [1.82, 2.24) is 14.9 Å². The number of halogens is 1. The molecule has 1 amide bonds. The lowest BCUT2D eigenvalue weighted by atomic mass is 10.1. The van der Waals surface area contributed by atoms with Gasteiger partial charge in [-0.3, -0.25) is 0 Å². The van der Waals surface area contributed by atoms with Crippen LogP contribution in [0.5, 0.6) is 0 Å². The first-order chi connectivity index (χ1) is 9.83. The number of rotatable bonds is 2. The molecule has 0 saturated carbocycles. The van der Waals surface area contributed by atoms with Gasteiger partial charge in [-0.1, -0.05) is 11.6 Å². The maximum Gasteiger partial charge on any atom is 0.410 e. The predicted octanol–water partition coefficient (Wildman–Crippen LogP) is 3.62. The highest BCUT2D eigenvalue weighted by atomic mass is 35.5. The Balaban J connectivity index is 1.93. The van der Waals surface area contributed by atoms with Gasteiger partial charge in [0.25, 0.3) is 0 Å². The van der Waals surface area contributed by atoms with Gasteiger partial charge in [0, 0.05) is 24.4 Å². The minimum atomic E-state index is -0.461. The Morgan fingerprint density at radius 1 is 1.48 bits per heavy atom.